The van der Waals surface area contributed by atoms with Crippen molar-refractivity contribution in [2.24, 2.45) is 0 Å². The van der Waals surface area contributed by atoms with Crippen molar-refractivity contribution in [1.29, 1.82) is 0 Å². The normalized spacial score (nSPS) is 16.0. The largest absolute Gasteiger partial charge is 0.458 e. The molecule has 1 fully saturated rings. The molecule has 3 rings (SSSR count). The molecule has 1 aromatic heterocycles. The zero-order valence-electron chi connectivity index (χ0n) is 14.5. The lowest BCUT2D eigenvalue weighted by Crippen LogP contribution is -2.40. The van der Waals surface area contributed by atoms with Crippen molar-refractivity contribution in [3.05, 3.63) is 53.3 Å². The first-order valence-corrected chi connectivity index (χ1v) is 8.84. The third kappa shape index (κ3) is 5.82. The number of amides is 2. The summed E-state index contributed by atoms with van der Waals surface area (Å²) in [6.07, 6.45) is 2.74. The van der Waals surface area contributed by atoms with Gasteiger partial charge in [0.25, 0.3) is 0 Å². The number of nitrogens with one attached hydrogen (secondary N) is 1. The van der Waals surface area contributed by atoms with E-state index in [0.29, 0.717) is 24.5 Å². The highest BCUT2D eigenvalue weighted by Crippen LogP contribution is 2.16. The fourth-order valence-corrected chi connectivity index (χ4v) is 2.69. The Labute approximate surface area is 161 Å². The van der Waals surface area contributed by atoms with Gasteiger partial charge in [-0.1, -0.05) is 41.9 Å². The summed E-state index contributed by atoms with van der Waals surface area (Å²) in [5.74, 6) is -0.199. The number of alkyl carbamates (subject to hydrolysis) is 1. The second-order valence-corrected chi connectivity index (χ2v) is 6.40. The van der Waals surface area contributed by atoms with Crippen LogP contribution in [0, 0.1) is 0 Å². The second kappa shape index (κ2) is 9.18. The number of benzene rings is 1. The van der Waals surface area contributed by atoms with Crippen molar-refractivity contribution >= 4 is 23.6 Å². The Morgan fingerprint density at radius 2 is 1.96 bits per heavy atom. The van der Waals surface area contributed by atoms with Crippen LogP contribution < -0.4 is 10.1 Å². The van der Waals surface area contributed by atoms with Gasteiger partial charge in [0.05, 0.1) is 24.0 Å². The van der Waals surface area contributed by atoms with Gasteiger partial charge < -0.3 is 19.7 Å². The van der Waals surface area contributed by atoms with Crippen molar-refractivity contribution in [2.45, 2.75) is 19.1 Å². The van der Waals surface area contributed by atoms with Crippen molar-refractivity contribution in [3.63, 3.8) is 0 Å². The van der Waals surface area contributed by atoms with Crippen LogP contribution >= 0.6 is 11.6 Å². The molecular weight excluding hydrogens is 372 g/mol. The lowest BCUT2D eigenvalue weighted by Gasteiger charge is -2.17. The van der Waals surface area contributed by atoms with E-state index in [9.17, 15) is 9.59 Å². The maximum Gasteiger partial charge on any atom is 0.407 e. The van der Waals surface area contributed by atoms with E-state index in [-0.39, 0.29) is 31.2 Å². The van der Waals surface area contributed by atoms with E-state index in [2.05, 4.69) is 15.3 Å². The molecule has 1 saturated heterocycles. The quantitative estimate of drug-likeness (QED) is 0.811. The molecule has 0 saturated carbocycles. The molecule has 0 spiro atoms. The smallest absolute Gasteiger partial charge is 0.407 e. The molecule has 9 heteroatoms. The number of nitrogens with zero attached hydrogens (tertiary/aromatic N) is 3. The van der Waals surface area contributed by atoms with Gasteiger partial charge in [-0.2, -0.15) is 0 Å². The highest BCUT2D eigenvalue weighted by molar-refractivity contribution is 6.30. The highest BCUT2D eigenvalue weighted by atomic mass is 35.5. The van der Waals surface area contributed by atoms with Crippen LogP contribution in [0.15, 0.2) is 42.7 Å². The average Bonchev–Trinajstić information content (AvgIpc) is 3.16. The molecule has 1 aromatic carbocycles. The van der Waals surface area contributed by atoms with E-state index >= 15 is 0 Å². The predicted molar refractivity (Wildman–Crippen MR) is 97.3 cm³/mol. The van der Waals surface area contributed by atoms with E-state index in [1.807, 2.05) is 30.3 Å². The number of halogens is 1. The molecule has 0 bridgehead atoms. The van der Waals surface area contributed by atoms with Gasteiger partial charge >= 0.3 is 12.1 Å². The molecule has 1 N–H and O–H groups in total. The van der Waals surface area contributed by atoms with E-state index in [1.165, 1.54) is 12.4 Å². The molecule has 2 heterocycles. The summed E-state index contributed by atoms with van der Waals surface area (Å²) in [6.45, 7) is 0.975. The minimum atomic E-state index is -0.631. The van der Waals surface area contributed by atoms with Gasteiger partial charge in [-0.15, -0.1) is 0 Å². The minimum absolute atomic E-state index is 0.127. The molecule has 1 aliphatic heterocycles. The number of rotatable bonds is 6. The van der Waals surface area contributed by atoms with Gasteiger partial charge in [-0.3, -0.25) is 4.79 Å². The summed E-state index contributed by atoms with van der Waals surface area (Å²) >= 11 is 5.73. The van der Waals surface area contributed by atoms with Gasteiger partial charge in [0.1, 0.15) is 19.3 Å². The first kappa shape index (κ1) is 18.9. The third-order valence-electron chi connectivity index (χ3n) is 3.96. The number of likely N-dealkylation sites (tertiary alicyclic amines) is 1. The predicted octanol–water partition coefficient (Wildman–Crippen LogP) is 2.04. The van der Waals surface area contributed by atoms with Crippen molar-refractivity contribution in [1.82, 2.24) is 20.2 Å². The van der Waals surface area contributed by atoms with Gasteiger partial charge in [0, 0.05) is 13.0 Å². The maximum atomic E-state index is 12.2. The summed E-state index contributed by atoms with van der Waals surface area (Å²) in [7, 11) is 0. The van der Waals surface area contributed by atoms with Gasteiger partial charge in [0.2, 0.25) is 5.91 Å². The minimum Gasteiger partial charge on any atom is -0.458 e. The number of ether oxygens (including phenoxy) is 2. The standard InChI is InChI=1S/C18H19ClN4O4/c19-14-8-20-17(21-9-14)27-15-6-7-23(11-15)16(24)10-22-18(25)26-12-13-4-2-1-3-5-13/h1-5,8-9,15H,6-7,10-12H2,(H,22,25). The Bertz CT molecular complexity index is 773. The van der Waals surface area contributed by atoms with E-state index in [4.69, 9.17) is 21.1 Å². The zero-order valence-corrected chi connectivity index (χ0v) is 15.3. The second-order valence-electron chi connectivity index (χ2n) is 5.97. The summed E-state index contributed by atoms with van der Waals surface area (Å²) in [4.78, 5) is 33.5. The first-order valence-electron chi connectivity index (χ1n) is 8.46. The Morgan fingerprint density at radius 1 is 1.22 bits per heavy atom. The van der Waals surface area contributed by atoms with Crippen LogP contribution in [0.3, 0.4) is 0 Å². The summed E-state index contributed by atoms with van der Waals surface area (Å²) in [5.41, 5.74) is 0.878. The number of hydrogen-bond acceptors (Lipinski definition) is 6. The van der Waals surface area contributed by atoms with Crippen LogP contribution in [-0.2, 0) is 16.1 Å². The lowest BCUT2D eigenvalue weighted by atomic mass is 10.2. The average molecular weight is 391 g/mol. The Hall–Kier alpha value is -2.87. The molecule has 0 radical (unpaired) electrons. The molecule has 2 aromatic rings. The Morgan fingerprint density at radius 3 is 2.70 bits per heavy atom. The Balaban J connectivity index is 1.37. The molecule has 1 atom stereocenters. The monoisotopic (exact) mass is 390 g/mol. The van der Waals surface area contributed by atoms with Crippen LogP contribution in [0.1, 0.15) is 12.0 Å². The summed E-state index contributed by atoms with van der Waals surface area (Å²) in [5, 5.41) is 2.89. The van der Waals surface area contributed by atoms with Crippen LogP contribution in [0.4, 0.5) is 4.79 Å². The molecule has 1 unspecified atom stereocenters. The molecule has 27 heavy (non-hydrogen) atoms. The summed E-state index contributed by atoms with van der Waals surface area (Å²) in [6, 6.07) is 9.54. The van der Waals surface area contributed by atoms with E-state index in [0.717, 1.165) is 5.56 Å². The maximum absolute atomic E-state index is 12.2. The molecular formula is C18H19ClN4O4. The van der Waals surface area contributed by atoms with Crippen LogP contribution in [0.5, 0.6) is 6.01 Å². The van der Waals surface area contributed by atoms with Gasteiger partial charge in [0.15, 0.2) is 0 Å². The van der Waals surface area contributed by atoms with Crippen LogP contribution in [0.25, 0.3) is 0 Å². The SMILES string of the molecule is O=C(NCC(=O)N1CCC(Oc2ncc(Cl)cn2)C1)OCc1ccccc1. The third-order valence-corrected chi connectivity index (χ3v) is 4.16. The number of aromatic nitrogens is 2. The number of carbonyl (C=O) groups is 2. The molecule has 1 aliphatic rings. The molecule has 142 valence electrons. The van der Waals surface area contributed by atoms with E-state index in [1.54, 1.807) is 4.90 Å². The van der Waals surface area contributed by atoms with Crippen LogP contribution in [0.2, 0.25) is 5.02 Å². The zero-order chi connectivity index (χ0) is 19.1. The van der Waals surface area contributed by atoms with Crippen molar-refractivity contribution in [2.75, 3.05) is 19.6 Å². The topological polar surface area (TPSA) is 93.7 Å². The molecule has 0 aliphatic carbocycles. The van der Waals surface area contributed by atoms with Gasteiger partial charge in [-0.05, 0) is 5.56 Å². The lowest BCUT2D eigenvalue weighted by molar-refractivity contribution is -0.129. The van der Waals surface area contributed by atoms with Crippen LogP contribution in [-0.4, -0.2) is 52.6 Å². The fraction of sp³-hybridized carbons (Fsp3) is 0.333. The highest BCUT2D eigenvalue weighted by Gasteiger charge is 2.28. The van der Waals surface area contributed by atoms with E-state index < -0.39 is 6.09 Å². The van der Waals surface area contributed by atoms with Crippen molar-refractivity contribution < 1.29 is 19.1 Å². The van der Waals surface area contributed by atoms with Gasteiger partial charge in [-0.25, -0.2) is 14.8 Å². The van der Waals surface area contributed by atoms with Crippen molar-refractivity contribution in [3.8, 4) is 6.01 Å². The summed E-state index contributed by atoms with van der Waals surface area (Å²) < 4.78 is 10.7. The fourth-order valence-electron chi connectivity index (χ4n) is 2.60. The first-order chi connectivity index (χ1) is 13.1. The number of hydrogen-bond donors (Lipinski definition) is 1. The Kier molecular flexibility index (Phi) is 6.43. The molecule has 8 nitrogen and oxygen atoms in total. The number of carbonyl (C=O) groups excluding carboxylic acids is 2. The molecule has 2 amide bonds.